The minimum atomic E-state index is -0.176. The number of aliphatic imine (C=N–C) groups is 1. The Balaban J connectivity index is 1.97. The Morgan fingerprint density at radius 3 is 1.86 bits per heavy atom. The highest BCUT2D eigenvalue weighted by Gasteiger charge is 2.79. The first kappa shape index (κ1) is 13.7. The fourth-order valence-corrected chi connectivity index (χ4v) is 4.65. The molecule has 2 aliphatic heterocycles. The normalized spacial score (nSPS) is 30.5. The molecule has 112 valence electrons. The van der Waals surface area contributed by atoms with Crippen molar-refractivity contribution in [1.29, 1.82) is 0 Å². The third-order valence-corrected chi connectivity index (χ3v) is 5.24. The summed E-state index contributed by atoms with van der Waals surface area (Å²) in [5.74, 6) is 0. The number of benzene rings is 2. The van der Waals surface area contributed by atoms with Crippen LogP contribution in [0.4, 0.5) is 0 Å². The van der Waals surface area contributed by atoms with Crippen molar-refractivity contribution < 1.29 is 0 Å². The van der Waals surface area contributed by atoms with E-state index in [9.17, 15) is 0 Å². The summed E-state index contributed by atoms with van der Waals surface area (Å²) in [7, 11) is 0. The second-order valence-electron chi connectivity index (χ2n) is 7.29. The Kier molecular flexibility index (Phi) is 2.54. The quantitative estimate of drug-likeness (QED) is 0.756. The lowest BCUT2D eigenvalue weighted by Crippen LogP contribution is -2.31. The largest absolute Gasteiger partial charge is 0.265 e. The topological polar surface area (TPSA) is 15.4 Å². The van der Waals surface area contributed by atoms with E-state index >= 15 is 0 Å². The van der Waals surface area contributed by atoms with E-state index in [0.29, 0.717) is 0 Å². The lowest BCUT2D eigenvalue weighted by atomic mass is 9.81. The van der Waals surface area contributed by atoms with Crippen LogP contribution in [0.1, 0.15) is 38.8 Å². The molecular weight excluding hydrogens is 268 g/mol. The summed E-state index contributed by atoms with van der Waals surface area (Å²) in [6.45, 7) is 9.10. The summed E-state index contributed by atoms with van der Waals surface area (Å²) in [5.41, 5.74) is 3.56. The van der Waals surface area contributed by atoms with Gasteiger partial charge in [-0.05, 0) is 38.8 Å². The van der Waals surface area contributed by atoms with Crippen LogP contribution in [0.5, 0.6) is 0 Å². The van der Waals surface area contributed by atoms with Gasteiger partial charge in [-0.2, -0.15) is 0 Å². The summed E-state index contributed by atoms with van der Waals surface area (Å²) < 4.78 is 0. The highest BCUT2D eigenvalue weighted by atomic mass is 15.6. The molecule has 1 fully saturated rings. The van der Waals surface area contributed by atoms with E-state index in [1.165, 1.54) is 16.8 Å². The molecule has 2 aromatic rings. The molecule has 0 aromatic heterocycles. The van der Waals surface area contributed by atoms with E-state index in [0.717, 1.165) is 0 Å². The van der Waals surface area contributed by atoms with Crippen LogP contribution in [0, 0.1) is 0 Å². The zero-order valence-corrected chi connectivity index (χ0v) is 13.7. The van der Waals surface area contributed by atoms with Crippen LogP contribution < -0.4 is 0 Å². The molecular formula is C20H22N2. The summed E-state index contributed by atoms with van der Waals surface area (Å²) >= 11 is 0. The van der Waals surface area contributed by atoms with E-state index < -0.39 is 0 Å². The van der Waals surface area contributed by atoms with Gasteiger partial charge in [-0.1, -0.05) is 60.7 Å². The maximum Gasteiger partial charge on any atom is 0.110 e. The van der Waals surface area contributed by atoms with Crippen LogP contribution in [-0.4, -0.2) is 21.8 Å². The average molecular weight is 290 g/mol. The van der Waals surface area contributed by atoms with E-state index in [-0.39, 0.29) is 16.7 Å². The summed E-state index contributed by atoms with van der Waals surface area (Å²) in [6, 6.07) is 21.4. The summed E-state index contributed by atoms with van der Waals surface area (Å²) in [6.07, 6.45) is 0. The molecule has 4 rings (SSSR count). The van der Waals surface area contributed by atoms with Crippen molar-refractivity contribution in [3.8, 4) is 0 Å². The highest BCUT2D eigenvalue weighted by Crippen LogP contribution is 2.67. The van der Waals surface area contributed by atoms with E-state index in [4.69, 9.17) is 4.99 Å². The maximum atomic E-state index is 5.11. The Labute approximate surface area is 132 Å². The minimum Gasteiger partial charge on any atom is -0.265 e. The van der Waals surface area contributed by atoms with Crippen LogP contribution in [0.15, 0.2) is 65.7 Å². The third-order valence-electron chi connectivity index (χ3n) is 5.24. The molecule has 2 atom stereocenters. The van der Waals surface area contributed by atoms with E-state index in [1.54, 1.807) is 0 Å². The van der Waals surface area contributed by atoms with Gasteiger partial charge in [-0.15, -0.1) is 0 Å². The van der Waals surface area contributed by atoms with E-state index in [1.807, 2.05) is 0 Å². The molecule has 0 bridgehead atoms. The highest BCUT2D eigenvalue weighted by molar-refractivity contribution is 6.13. The van der Waals surface area contributed by atoms with Crippen molar-refractivity contribution in [3.63, 3.8) is 0 Å². The molecule has 2 heterocycles. The van der Waals surface area contributed by atoms with E-state index in [2.05, 4.69) is 93.3 Å². The minimum absolute atomic E-state index is 0.0742. The molecule has 0 N–H and O–H groups in total. The number of rotatable bonds is 2. The number of hydrogen-bond acceptors (Lipinski definition) is 2. The van der Waals surface area contributed by atoms with Crippen molar-refractivity contribution in [2.24, 2.45) is 4.99 Å². The summed E-state index contributed by atoms with van der Waals surface area (Å²) in [5, 5.41) is 0. The first-order chi connectivity index (χ1) is 10.4. The second kappa shape index (κ2) is 4.08. The molecule has 2 heteroatoms. The van der Waals surface area contributed by atoms with Crippen LogP contribution in [-0.2, 0) is 5.54 Å². The Morgan fingerprint density at radius 1 is 0.773 bits per heavy atom. The average Bonchev–Trinajstić information content (AvgIpc) is 2.91. The van der Waals surface area contributed by atoms with Gasteiger partial charge in [0.15, 0.2) is 0 Å². The van der Waals surface area contributed by atoms with Gasteiger partial charge in [0.25, 0.3) is 0 Å². The Bertz CT molecular complexity index is 744. The summed E-state index contributed by atoms with van der Waals surface area (Å²) in [4.78, 5) is 7.65. The van der Waals surface area contributed by atoms with Gasteiger partial charge in [0.1, 0.15) is 11.2 Å². The fraction of sp³-hybridized carbons (Fsp3) is 0.350. The number of nitrogens with zero attached hydrogens (tertiary/aromatic N) is 2. The SMILES string of the molecule is CC1(C)N=C(c2ccccc2)[C@@]2(c3ccccc3)N1C2(C)C. The molecule has 0 radical (unpaired) electrons. The van der Waals surface area contributed by atoms with Gasteiger partial charge < -0.3 is 0 Å². The predicted octanol–water partition coefficient (Wildman–Crippen LogP) is 4.22. The maximum absolute atomic E-state index is 5.11. The molecule has 2 aromatic carbocycles. The fourth-order valence-electron chi connectivity index (χ4n) is 4.65. The van der Waals surface area contributed by atoms with Crippen LogP contribution in [0.3, 0.4) is 0 Å². The van der Waals surface area contributed by atoms with Gasteiger partial charge >= 0.3 is 0 Å². The van der Waals surface area contributed by atoms with Crippen LogP contribution in [0.25, 0.3) is 0 Å². The third kappa shape index (κ3) is 1.46. The molecule has 0 spiro atoms. The van der Waals surface area contributed by atoms with Gasteiger partial charge in [-0.25, -0.2) is 0 Å². The molecule has 2 aliphatic rings. The molecule has 22 heavy (non-hydrogen) atoms. The molecule has 0 amide bonds. The van der Waals surface area contributed by atoms with Crippen molar-refractivity contribution in [1.82, 2.24) is 4.90 Å². The van der Waals surface area contributed by atoms with Crippen molar-refractivity contribution in [2.75, 3.05) is 0 Å². The van der Waals surface area contributed by atoms with Gasteiger partial charge in [0, 0.05) is 5.54 Å². The molecule has 0 saturated carbocycles. The first-order valence-corrected chi connectivity index (χ1v) is 7.94. The number of hydrogen-bond donors (Lipinski definition) is 0. The standard InChI is InChI=1S/C20H22N2/c1-18(2)20(16-13-9-6-10-14-16)17(15-11-7-5-8-12-15)21-19(3,4)22(18)20/h5-14H,1-4H3/t20-,22?/m1/s1. The Morgan fingerprint density at radius 2 is 1.32 bits per heavy atom. The number of fused-ring (bicyclic) bond motifs is 1. The molecule has 2 nitrogen and oxygen atoms in total. The van der Waals surface area contributed by atoms with Gasteiger partial charge in [0.05, 0.1) is 5.71 Å². The zero-order chi connectivity index (χ0) is 15.6. The molecule has 1 unspecified atom stereocenters. The molecule has 0 aliphatic carbocycles. The lowest BCUT2D eigenvalue weighted by Gasteiger charge is -2.23. The van der Waals surface area contributed by atoms with Gasteiger partial charge in [-0.3, -0.25) is 9.89 Å². The predicted molar refractivity (Wildman–Crippen MR) is 91.1 cm³/mol. The smallest absolute Gasteiger partial charge is 0.110 e. The van der Waals surface area contributed by atoms with Gasteiger partial charge in [0.2, 0.25) is 0 Å². The van der Waals surface area contributed by atoms with Crippen molar-refractivity contribution >= 4 is 5.71 Å². The van der Waals surface area contributed by atoms with Crippen LogP contribution >= 0.6 is 0 Å². The van der Waals surface area contributed by atoms with Crippen LogP contribution in [0.2, 0.25) is 0 Å². The molecule has 1 saturated heterocycles. The monoisotopic (exact) mass is 290 g/mol. The zero-order valence-electron chi connectivity index (χ0n) is 13.7. The lowest BCUT2D eigenvalue weighted by molar-refractivity contribution is 0.242. The van der Waals surface area contributed by atoms with Crippen molar-refractivity contribution in [2.45, 2.75) is 44.4 Å². The van der Waals surface area contributed by atoms with Crippen molar-refractivity contribution in [3.05, 3.63) is 71.8 Å². The Hall–Kier alpha value is -1.93. The second-order valence-corrected chi connectivity index (χ2v) is 7.29. The first-order valence-electron chi connectivity index (χ1n) is 7.94.